The number of carbonyl (C=O) groups is 2. The fourth-order valence-corrected chi connectivity index (χ4v) is 4.79. The Kier molecular flexibility index (Phi) is 5.90. The molecule has 1 N–H and O–H groups in total. The number of fused-ring (bicyclic) bond motifs is 1. The zero-order valence-corrected chi connectivity index (χ0v) is 17.7. The van der Waals surface area contributed by atoms with Crippen molar-refractivity contribution in [2.75, 3.05) is 24.7 Å². The van der Waals surface area contributed by atoms with Gasteiger partial charge in [-0.15, -0.1) is 0 Å². The van der Waals surface area contributed by atoms with E-state index in [0.29, 0.717) is 22.5 Å². The average Bonchev–Trinajstić information content (AvgIpc) is 2.78. The molecule has 4 rings (SSSR count). The molecule has 1 atom stereocenters. The zero-order valence-electron chi connectivity index (χ0n) is 16.9. The van der Waals surface area contributed by atoms with Crippen molar-refractivity contribution in [2.24, 2.45) is 4.99 Å². The van der Waals surface area contributed by atoms with E-state index in [1.165, 1.54) is 7.11 Å². The van der Waals surface area contributed by atoms with Gasteiger partial charge in [0, 0.05) is 23.5 Å². The summed E-state index contributed by atoms with van der Waals surface area (Å²) in [5.41, 5.74) is 3.39. The molecule has 2 aromatic carbocycles. The van der Waals surface area contributed by atoms with Crippen LogP contribution in [0.1, 0.15) is 35.3 Å². The number of anilines is 1. The first kappa shape index (κ1) is 20.2. The largest absolute Gasteiger partial charge is 0.466 e. The van der Waals surface area contributed by atoms with Crippen molar-refractivity contribution in [3.05, 3.63) is 77.0 Å². The maximum atomic E-state index is 12.6. The molecule has 0 bridgehead atoms. The fourth-order valence-electron chi connectivity index (χ4n) is 3.77. The molecular formula is C23H23N3O3S. The molecular weight excluding hydrogens is 398 g/mol. The van der Waals surface area contributed by atoms with Crippen molar-refractivity contribution in [3.8, 4) is 0 Å². The predicted molar refractivity (Wildman–Crippen MR) is 120 cm³/mol. The summed E-state index contributed by atoms with van der Waals surface area (Å²) in [5.74, 6) is 0.456. The molecule has 1 saturated heterocycles. The molecule has 7 heteroatoms. The lowest BCUT2D eigenvalue weighted by molar-refractivity contribution is -0.136. The molecule has 2 aromatic rings. The van der Waals surface area contributed by atoms with E-state index >= 15 is 0 Å². The van der Waals surface area contributed by atoms with E-state index in [1.54, 1.807) is 23.9 Å². The van der Waals surface area contributed by atoms with Gasteiger partial charge in [-0.2, -0.15) is 0 Å². The van der Waals surface area contributed by atoms with Gasteiger partial charge in [-0.05, 0) is 43.2 Å². The number of hydrogen-bond acceptors (Lipinski definition) is 6. The van der Waals surface area contributed by atoms with Crippen LogP contribution < -0.4 is 5.32 Å². The van der Waals surface area contributed by atoms with Crippen molar-refractivity contribution in [1.29, 1.82) is 0 Å². The third-order valence-electron chi connectivity index (χ3n) is 5.16. The molecule has 0 aromatic heterocycles. The van der Waals surface area contributed by atoms with Crippen LogP contribution in [-0.4, -0.2) is 41.4 Å². The lowest BCUT2D eigenvalue weighted by Crippen LogP contribution is -2.42. The molecule has 0 unspecified atom stereocenters. The maximum absolute atomic E-state index is 12.6. The fraction of sp³-hybridized carbons (Fsp3) is 0.261. The minimum Gasteiger partial charge on any atom is -0.466 e. The SMILES string of the molecule is COC(=O)C1=C(C)N=C2SCCCN2[C@H]1c1cccc(NC(=O)c2ccccc2)c1. The minimum absolute atomic E-state index is 0.174. The molecule has 2 aliphatic heterocycles. The van der Waals surface area contributed by atoms with Crippen LogP contribution in [0.2, 0.25) is 0 Å². The molecule has 6 nitrogen and oxygen atoms in total. The highest BCUT2D eigenvalue weighted by Crippen LogP contribution is 2.40. The predicted octanol–water partition coefficient (Wildman–Crippen LogP) is 4.24. The van der Waals surface area contributed by atoms with Gasteiger partial charge in [0.05, 0.1) is 24.4 Å². The van der Waals surface area contributed by atoms with Gasteiger partial charge in [-0.3, -0.25) is 4.79 Å². The van der Waals surface area contributed by atoms with Gasteiger partial charge >= 0.3 is 5.97 Å². The molecule has 2 heterocycles. The number of carbonyl (C=O) groups excluding carboxylic acids is 2. The normalized spacial score (nSPS) is 18.4. The second-order valence-corrected chi connectivity index (χ2v) is 8.19. The molecule has 0 radical (unpaired) electrons. The average molecular weight is 422 g/mol. The monoisotopic (exact) mass is 421 g/mol. The number of methoxy groups -OCH3 is 1. The van der Waals surface area contributed by atoms with Gasteiger partial charge < -0.3 is 15.0 Å². The van der Waals surface area contributed by atoms with E-state index in [4.69, 9.17) is 4.74 Å². The second kappa shape index (κ2) is 8.75. The number of nitrogens with zero attached hydrogens (tertiary/aromatic N) is 2. The lowest BCUT2D eigenvalue weighted by Gasteiger charge is -2.40. The number of benzene rings is 2. The van der Waals surface area contributed by atoms with Gasteiger partial charge in [0.25, 0.3) is 5.91 Å². The van der Waals surface area contributed by atoms with Crippen molar-refractivity contribution in [1.82, 2.24) is 4.90 Å². The summed E-state index contributed by atoms with van der Waals surface area (Å²) in [4.78, 5) is 32.0. The van der Waals surface area contributed by atoms with Crippen LogP contribution in [0.4, 0.5) is 5.69 Å². The van der Waals surface area contributed by atoms with Gasteiger partial charge in [0.2, 0.25) is 0 Å². The van der Waals surface area contributed by atoms with E-state index in [-0.39, 0.29) is 17.9 Å². The van der Waals surface area contributed by atoms with Crippen LogP contribution in [0.3, 0.4) is 0 Å². The Labute approximate surface area is 180 Å². The van der Waals surface area contributed by atoms with E-state index < -0.39 is 0 Å². The van der Waals surface area contributed by atoms with E-state index in [0.717, 1.165) is 29.4 Å². The van der Waals surface area contributed by atoms with Crippen LogP contribution in [0.25, 0.3) is 0 Å². The summed E-state index contributed by atoms with van der Waals surface area (Å²) in [7, 11) is 1.39. The highest BCUT2D eigenvalue weighted by Gasteiger charge is 2.37. The molecule has 30 heavy (non-hydrogen) atoms. The highest BCUT2D eigenvalue weighted by atomic mass is 32.2. The third-order valence-corrected chi connectivity index (χ3v) is 6.24. The molecule has 154 valence electrons. The number of esters is 1. The Morgan fingerprint density at radius 1 is 1.17 bits per heavy atom. The van der Waals surface area contributed by atoms with E-state index in [9.17, 15) is 9.59 Å². The van der Waals surface area contributed by atoms with Crippen LogP contribution in [0.5, 0.6) is 0 Å². The third kappa shape index (κ3) is 3.98. The number of aliphatic imine (C=N–C) groups is 1. The first-order valence-electron chi connectivity index (χ1n) is 9.82. The van der Waals surface area contributed by atoms with Crippen molar-refractivity contribution < 1.29 is 14.3 Å². The summed E-state index contributed by atoms with van der Waals surface area (Å²) in [6, 6.07) is 16.4. The zero-order chi connectivity index (χ0) is 21.1. The lowest BCUT2D eigenvalue weighted by atomic mass is 9.94. The number of hydrogen-bond donors (Lipinski definition) is 1. The summed E-state index contributed by atoms with van der Waals surface area (Å²) >= 11 is 1.70. The molecule has 0 aliphatic carbocycles. The Morgan fingerprint density at radius 2 is 1.97 bits per heavy atom. The molecule has 2 aliphatic rings. The first-order chi connectivity index (χ1) is 14.6. The van der Waals surface area contributed by atoms with Crippen LogP contribution >= 0.6 is 11.8 Å². The quantitative estimate of drug-likeness (QED) is 0.748. The topological polar surface area (TPSA) is 71.0 Å². The van der Waals surface area contributed by atoms with Crippen molar-refractivity contribution >= 4 is 34.5 Å². The van der Waals surface area contributed by atoms with E-state index in [2.05, 4.69) is 15.2 Å². The standard InChI is InChI=1S/C23H23N3O3S/c1-15-19(22(28)29-2)20(26-12-7-13-30-23(26)24-15)17-10-6-11-18(14-17)25-21(27)16-8-4-3-5-9-16/h3-6,8-11,14,20H,7,12-13H2,1-2H3,(H,25,27)/t20-/m0/s1. The molecule has 0 saturated carbocycles. The number of ether oxygens (including phenoxy) is 1. The number of amidine groups is 1. The molecule has 1 fully saturated rings. The van der Waals surface area contributed by atoms with Gasteiger partial charge in [-0.1, -0.05) is 42.1 Å². The Bertz CT molecular complexity index is 1030. The summed E-state index contributed by atoms with van der Waals surface area (Å²) in [6.45, 7) is 2.66. The van der Waals surface area contributed by atoms with Crippen molar-refractivity contribution in [2.45, 2.75) is 19.4 Å². The number of amides is 1. The summed E-state index contributed by atoms with van der Waals surface area (Å²) in [6.07, 6.45) is 1.01. The number of thioether (sulfide) groups is 1. The Balaban J connectivity index is 1.69. The Morgan fingerprint density at radius 3 is 2.73 bits per heavy atom. The maximum Gasteiger partial charge on any atom is 0.338 e. The first-order valence-corrected chi connectivity index (χ1v) is 10.8. The highest BCUT2D eigenvalue weighted by molar-refractivity contribution is 8.13. The van der Waals surface area contributed by atoms with Crippen LogP contribution in [-0.2, 0) is 9.53 Å². The minimum atomic E-state index is -0.380. The summed E-state index contributed by atoms with van der Waals surface area (Å²) < 4.78 is 5.07. The molecule has 0 spiro atoms. The Hall–Kier alpha value is -3.06. The van der Waals surface area contributed by atoms with Crippen molar-refractivity contribution in [3.63, 3.8) is 0 Å². The summed E-state index contributed by atoms with van der Waals surface area (Å²) in [5, 5.41) is 3.88. The van der Waals surface area contributed by atoms with Gasteiger partial charge in [0.15, 0.2) is 5.17 Å². The molecule has 1 amide bonds. The number of allylic oxidation sites excluding steroid dienone is 1. The number of rotatable bonds is 4. The second-order valence-electron chi connectivity index (χ2n) is 7.13. The van der Waals surface area contributed by atoms with E-state index in [1.807, 2.05) is 49.4 Å². The van der Waals surface area contributed by atoms with Gasteiger partial charge in [-0.25, -0.2) is 9.79 Å². The van der Waals surface area contributed by atoms with Crippen LogP contribution in [0.15, 0.2) is 70.9 Å². The van der Waals surface area contributed by atoms with Gasteiger partial charge in [0.1, 0.15) is 0 Å². The number of nitrogens with one attached hydrogen (secondary N) is 1. The van der Waals surface area contributed by atoms with Crippen LogP contribution in [0, 0.1) is 0 Å². The smallest absolute Gasteiger partial charge is 0.338 e.